The van der Waals surface area contributed by atoms with E-state index in [0.717, 1.165) is 6.42 Å². The van der Waals surface area contributed by atoms with Gasteiger partial charge in [-0.3, -0.25) is 9.72 Å². The molecular weight excluding hydrogens is 286 g/mol. The van der Waals surface area contributed by atoms with Crippen LogP contribution in [0.25, 0.3) is 5.65 Å². The van der Waals surface area contributed by atoms with Crippen molar-refractivity contribution in [3.8, 4) is 0 Å². The van der Waals surface area contributed by atoms with E-state index in [1.54, 1.807) is 27.7 Å². The molecule has 0 unspecified atom stereocenters. The second-order valence-corrected chi connectivity index (χ2v) is 5.67. The number of anilines is 1. The highest BCUT2D eigenvalue weighted by Crippen LogP contribution is 2.11. The standard InChI is InChI=1S/C14H15N5OS/c1-18(9-7-11-5-4-10-21-11)14(20)15-13-17-16-12-6-2-3-8-19(12)13/h2-6,8,10H,7,9H2,1H3,(H,15,17,20). The number of carbonyl (C=O) groups is 1. The third-order valence-electron chi connectivity index (χ3n) is 3.15. The molecule has 3 aromatic rings. The number of rotatable bonds is 4. The fraction of sp³-hybridized carbons (Fsp3) is 0.214. The van der Waals surface area contributed by atoms with Gasteiger partial charge in [0.15, 0.2) is 5.65 Å². The lowest BCUT2D eigenvalue weighted by atomic mass is 10.3. The van der Waals surface area contributed by atoms with E-state index in [9.17, 15) is 4.79 Å². The first-order valence-electron chi connectivity index (χ1n) is 6.58. The number of aromatic nitrogens is 3. The van der Waals surface area contributed by atoms with E-state index in [4.69, 9.17) is 0 Å². The van der Waals surface area contributed by atoms with Crippen molar-refractivity contribution in [3.05, 3.63) is 46.8 Å². The Morgan fingerprint density at radius 3 is 3.05 bits per heavy atom. The highest BCUT2D eigenvalue weighted by Gasteiger charge is 2.12. The molecule has 3 heterocycles. The van der Waals surface area contributed by atoms with Crippen LogP contribution in [0.5, 0.6) is 0 Å². The Morgan fingerprint density at radius 2 is 2.24 bits per heavy atom. The van der Waals surface area contributed by atoms with Gasteiger partial charge in [0, 0.05) is 24.7 Å². The lowest BCUT2D eigenvalue weighted by Gasteiger charge is -2.16. The monoisotopic (exact) mass is 301 g/mol. The van der Waals surface area contributed by atoms with Crippen LogP contribution in [0.15, 0.2) is 41.9 Å². The number of fused-ring (bicyclic) bond motifs is 1. The van der Waals surface area contributed by atoms with E-state index < -0.39 is 0 Å². The SMILES string of the molecule is CN(CCc1cccs1)C(=O)Nc1nnc2ccccn12. The molecule has 3 aromatic heterocycles. The molecule has 0 radical (unpaired) electrons. The van der Waals surface area contributed by atoms with Crippen molar-refractivity contribution >= 4 is 29.0 Å². The molecule has 108 valence electrons. The van der Waals surface area contributed by atoms with Gasteiger partial charge in [-0.1, -0.05) is 12.1 Å². The Labute approximate surface area is 126 Å². The summed E-state index contributed by atoms with van der Waals surface area (Å²) in [6, 6.07) is 9.48. The number of hydrogen-bond donors (Lipinski definition) is 1. The van der Waals surface area contributed by atoms with Crippen LogP contribution in [0.4, 0.5) is 10.7 Å². The van der Waals surface area contributed by atoms with Gasteiger partial charge in [0.25, 0.3) is 0 Å². The van der Waals surface area contributed by atoms with Crippen LogP contribution in [0.2, 0.25) is 0 Å². The Hall–Kier alpha value is -2.41. The summed E-state index contributed by atoms with van der Waals surface area (Å²) in [5.74, 6) is 0.429. The predicted molar refractivity (Wildman–Crippen MR) is 82.7 cm³/mol. The number of likely N-dealkylation sites (N-methyl/N-ethyl adjacent to an activating group) is 1. The molecule has 7 heteroatoms. The molecule has 6 nitrogen and oxygen atoms in total. The van der Waals surface area contributed by atoms with E-state index in [-0.39, 0.29) is 6.03 Å². The Bertz CT molecular complexity index is 737. The van der Waals surface area contributed by atoms with Gasteiger partial charge >= 0.3 is 6.03 Å². The van der Waals surface area contributed by atoms with Gasteiger partial charge < -0.3 is 4.90 Å². The molecule has 0 spiro atoms. The minimum Gasteiger partial charge on any atom is -0.327 e. The Balaban J connectivity index is 1.62. The zero-order valence-electron chi connectivity index (χ0n) is 11.6. The Morgan fingerprint density at radius 1 is 1.33 bits per heavy atom. The summed E-state index contributed by atoms with van der Waals surface area (Å²) in [7, 11) is 1.77. The number of nitrogens with one attached hydrogen (secondary N) is 1. The fourth-order valence-corrected chi connectivity index (χ4v) is 2.65. The van der Waals surface area contributed by atoms with Crippen LogP contribution in [-0.2, 0) is 6.42 Å². The van der Waals surface area contributed by atoms with E-state index in [1.165, 1.54) is 4.88 Å². The summed E-state index contributed by atoms with van der Waals surface area (Å²) in [6.07, 6.45) is 2.67. The fourth-order valence-electron chi connectivity index (χ4n) is 1.95. The van der Waals surface area contributed by atoms with Crippen LogP contribution in [0, 0.1) is 0 Å². The van der Waals surface area contributed by atoms with E-state index in [2.05, 4.69) is 21.6 Å². The number of hydrogen-bond acceptors (Lipinski definition) is 4. The molecule has 1 N–H and O–H groups in total. The highest BCUT2D eigenvalue weighted by atomic mass is 32.1. The van der Waals surface area contributed by atoms with Gasteiger partial charge in [-0.25, -0.2) is 4.79 Å². The van der Waals surface area contributed by atoms with Gasteiger partial charge in [0.1, 0.15) is 0 Å². The van der Waals surface area contributed by atoms with Gasteiger partial charge in [-0.2, -0.15) is 0 Å². The molecule has 3 rings (SSSR count). The normalized spacial score (nSPS) is 10.7. The van der Waals surface area contributed by atoms with Crippen molar-refractivity contribution in [1.29, 1.82) is 0 Å². The molecule has 0 bridgehead atoms. The zero-order valence-corrected chi connectivity index (χ0v) is 12.4. The maximum Gasteiger partial charge on any atom is 0.323 e. The lowest BCUT2D eigenvalue weighted by molar-refractivity contribution is 0.223. The second-order valence-electron chi connectivity index (χ2n) is 4.63. The van der Waals surface area contributed by atoms with Crippen molar-refractivity contribution in [3.63, 3.8) is 0 Å². The molecule has 0 aromatic carbocycles. The van der Waals surface area contributed by atoms with Crippen LogP contribution in [-0.4, -0.2) is 39.1 Å². The number of pyridine rings is 1. The number of thiophene rings is 1. The topological polar surface area (TPSA) is 62.5 Å². The van der Waals surface area contributed by atoms with Gasteiger partial charge in [-0.05, 0) is 30.0 Å². The zero-order chi connectivity index (χ0) is 14.7. The van der Waals surface area contributed by atoms with Crippen molar-refractivity contribution in [2.75, 3.05) is 18.9 Å². The summed E-state index contributed by atoms with van der Waals surface area (Å²) < 4.78 is 1.74. The van der Waals surface area contributed by atoms with Crippen molar-refractivity contribution in [2.45, 2.75) is 6.42 Å². The minimum atomic E-state index is -0.190. The number of urea groups is 1. The predicted octanol–water partition coefficient (Wildman–Crippen LogP) is 2.50. The molecule has 0 aliphatic heterocycles. The van der Waals surface area contributed by atoms with Crippen molar-refractivity contribution in [2.24, 2.45) is 0 Å². The molecule has 0 saturated heterocycles. The first-order chi connectivity index (χ1) is 10.2. The minimum absolute atomic E-state index is 0.190. The van der Waals surface area contributed by atoms with Crippen LogP contribution < -0.4 is 5.32 Å². The first-order valence-corrected chi connectivity index (χ1v) is 7.46. The maximum absolute atomic E-state index is 12.2. The highest BCUT2D eigenvalue weighted by molar-refractivity contribution is 7.09. The van der Waals surface area contributed by atoms with E-state index >= 15 is 0 Å². The van der Waals surface area contributed by atoms with Gasteiger partial charge in [0.2, 0.25) is 5.95 Å². The molecule has 0 saturated carbocycles. The van der Waals surface area contributed by atoms with Gasteiger partial charge in [-0.15, -0.1) is 21.5 Å². The molecule has 0 fully saturated rings. The number of nitrogens with zero attached hydrogens (tertiary/aromatic N) is 4. The quantitative estimate of drug-likeness (QED) is 0.805. The second kappa shape index (κ2) is 5.92. The summed E-state index contributed by atoms with van der Waals surface area (Å²) in [6.45, 7) is 0.656. The first kappa shape index (κ1) is 13.6. The summed E-state index contributed by atoms with van der Waals surface area (Å²) in [4.78, 5) is 15.1. The molecular formula is C14H15N5OS. The molecule has 0 atom stereocenters. The third-order valence-corrected chi connectivity index (χ3v) is 4.09. The number of amides is 2. The molecule has 21 heavy (non-hydrogen) atoms. The lowest BCUT2D eigenvalue weighted by Crippen LogP contribution is -2.33. The van der Waals surface area contributed by atoms with Gasteiger partial charge in [0.05, 0.1) is 0 Å². The average Bonchev–Trinajstić information content (AvgIpc) is 3.15. The van der Waals surface area contributed by atoms with Crippen molar-refractivity contribution in [1.82, 2.24) is 19.5 Å². The molecule has 0 aliphatic rings. The summed E-state index contributed by atoms with van der Waals surface area (Å²) in [5, 5.41) is 12.8. The van der Waals surface area contributed by atoms with E-state index in [0.29, 0.717) is 18.1 Å². The summed E-state index contributed by atoms with van der Waals surface area (Å²) >= 11 is 1.70. The summed E-state index contributed by atoms with van der Waals surface area (Å²) in [5.41, 5.74) is 0.703. The smallest absolute Gasteiger partial charge is 0.323 e. The average molecular weight is 301 g/mol. The van der Waals surface area contributed by atoms with Crippen LogP contribution in [0.1, 0.15) is 4.88 Å². The molecule has 0 aliphatic carbocycles. The van der Waals surface area contributed by atoms with E-state index in [1.807, 2.05) is 35.8 Å². The third kappa shape index (κ3) is 3.03. The molecule has 2 amide bonds. The largest absolute Gasteiger partial charge is 0.327 e. The van der Waals surface area contributed by atoms with Crippen LogP contribution >= 0.6 is 11.3 Å². The number of carbonyl (C=O) groups excluding carboxylic acids is 1. The Kier molecular flexibility index (Phi) is 3.83. The maximum atomic E-state index is 12.2. The van der Waals surface area contributed by atoms with Crippen molar-refractivity contribution < 1.29 is 4.79 Å². The van der Waals surface area contributed by atoms with Crippen LogP contribution in [0.3, 0.4) is 0 Å².